The van der Waals surface area contributed by atoms with Gasteiger partial charge in [-0.3, -0.25) is 0 Å². The zero-order valence-electron chi connectivity index (χ0n) is 13.1. The molecule has 23 heavy (non-hydrogen) atoms. The van der Waals surface area contributed by atoms with E-state index in [2.05, 4.69) is 25.5 Å². The Kier molecular flexibility index (Phi) is 3.70. The second-order valence-corrected chi connectivity index (χ2v) is 6.76. The fraction of sp³-hybridized carbons (Fsp3) is 0.467. The molecular weight excluding hydrogens is 312 g/mol. The van der Waals surface area contributed by atoms with Crippen molar-refractivity contribution in [1.82, 2.24) is 30.2 Å². The van der Waals surface area contributed by atoms with Crippen LogP contribution in [0.3, 0.4) is 0 Å². The molecule has 0 amide bonds. The number of rotatable bonds is 4. The molecule has 4 rings (SSSR count). The molecule has 0 saturated carbocycles. The zero-order valence-corrected chi connectivity index (χ0v) is 13.9. The van der Waals surface area contributed by atoms with E-state index in [0.717, 1.165) is 35.9 Å². The summed E-state index contributed by atoms with van der Waals surface area (Å²) in [6, 6.07) is 4.31. The first-order valence-corrected chi connectivity index (χ1v) is 8.61. The van der Waals surface area contributed by atoms with Crippen molar-refractivity contribution >= 4 is 11.3 Å². The first-order chi connectivity index (χ1) is 11.2. The lowest BCUT2D eigenvalue weighted by atomic mass is 10.1. The molecule has 0 radical (unpaired) electrons. The third-order valence-electron chi connectivity index (χ3n) is 4.00. The average molecular weight is 330 g/mol. The molecular formula is C15H18N6OS. The van der Waals surface area contributed by atoms with Gasteiger partial charge in [-0.2, -0.15) is 10.1 Å². The van der Waals surface area contributed by atoms with Gasteiger partial charge in [-0.1, -0.05) is 11.2 Å². The quantitative estimate of drug-likeness (QED) is 0.791. The third-order valence-corrected chi connectivity index (χ3v) is 4.87. The molecule has 0 aliphatic carbocycles. The summed E-state index contributed by atoms with van der Waals surface area (Å²) in [5.74, 6) is 3.19. The number of hydrogen-bond donors (Lipinski definition) is 1. The van der Waals surface area contributed by atoms with Crippen LogP contribution in [0.4, 0.5) is 0 Å². The SMILES string of the molecule is Cc1nc2n(n1)C[C@H](N[C@H](C)c1nc(-c3cccs3)no1)CC2. The van der Waals surface area contributed by atoms with E-state index in [1.807, 2.05) is 36.0 Å². The molecule has 120 valence electrons. The summed E-state index contributed by atoms with van der Waals surface area (Å²) in [5, 5.41) is 14.1. The third kappa shape index (κ3) is 2.91. The molecule has 0 aromatic carbocycles. The summed E-state index contributed by atoms with van der Waals surface area (Å²) in [4.78, 5) is 9.96. The van der Waals surface area contributed by atoms with Gasteiger partial charge in [0, 0.05) is 12.5 Å². The van der Waals surface area contributed by atoms with E-state index >= 15 is 0 Å². The Balaban J connectivity index is 1.43. The second kappa shape index (κ2) is 5.86. The van der Waals surface area contributed by atoms with Gasteiger partial charge in [0.25, 0.3) is 0 Å². The van der Waals surface area contributed by atoms with Gasteiger partial charge < -0.3 is 9.84 Å². The number of nitrogens with one attached hydrogen (secondary N) is 1. The normalized spacial score (nSPS) is 18.8. The Hall–Kier alpha value is -2.06. The van der Waals surface area contributed by atoms with Crippen LogP contribution in [-0.2, 0) is 13.0 Å². The highest BCUT2D eigenvalue weighted by atomic mass is 32.1. The van der Waals surface area contributed by atoms with E-state index in [1.165, 1.54) is 0 Å². The monoisotopic (exact) mass is 330 g/mol. The number of hydrogen-bond acceptors (Lipinski definition) is 7. The van der Waals surface area contributed by atoms with Crippen LogP contribution in [-0.4, -0.2) is 30.9 Å². The standard InChI is InChI=1S/C15H18N6OS/c1-9(15-18-14(20-22-15)12-4-3-7-23-12)16-11-5-6-13-17-10(2)19-21(13)8-11/h3-4,7,9,11,16H,5-6,8H2,1-2H3/t9-,11-/m1/s1. The van der Waals surface area contributed by atoms with Crippen molar-refractivity contribution < 1.29 is 4.52 Å². The summed E-state index contributed by atoms with van der Waals surface area (Å²) in [6.45, 7) is 4.81. The fourth-order valence-electron chi connectivity index (χ4n) is 2.91. The van der Waals surface area contributed by atoms with E-state index in [0.29, 0.717) is 17.8 Å². The molecule has 2 atom stereocenters. The van der Waals surface area contributed by atoms with Gasteiger partial charge in [0.1, 0.15) is 11.6 Å². The van der Waals surface area contributed by atoms with Crippen molar-refractivity contribution in [2.75, 3.05) is 0 Å². The minimum absolute atomic E-state index is 0.00683. The Labute approximate surface area is 137 Å². The molecule has 1 aliphatic rings. The summed E-state index contributed by atoms with van der Waals surface area (Å²) in [7, 11) is 0. The summed E-state index contributed by atoms with van der Waals surface area (Å²) >= 11 is 1.61. The Morgan fingerprint density at radius 1 is 1.43 bits per heavy atom. The van der Waals surface area contributed by atoms with E-state index in [9.17, 15) is 0 Å². The molecule has 0 fully saturated rings. The van der Waals surface area contributed by atoms with Crippen LogP contribution in [0.2, 0.25) is 0 Å². The van der Waals surface area contributed by atoms with Crippen LogP contribution in [0, 0.1) is 6.92 Å². The van der Waals surface area contributed by atoms with Crippen LogP contribution in [0.15, 0.2) is 22.0 Å². The van der Waals surface area contributed by atoms with Crippen molar-refractivity contribution in [1.29, 1.82) is 0 Å². The predicted octanol–water partition coefficient (Wildman–Crippen LogP) is 2.36. The number of fused-ring (bicyclic) bond motifs is 1. The predicted molar refractivity (Wildman–Crippen MR) is 86.0 cm³/mol. The minimum Gasteiger partial charge on any atom is -0.337 e. The van der Waals surface area contributed by atoms with Crippen molar-refractivity contribution in [3.05, 3.63) is 35.1 Å². The minimum atomic E-state index is 0.00683. The highest BCUT2D eigenvalue weighted by Crippen LogP contribution is 2.23. The average Bonchev–Trinajstić information content (AvgIpc) is 3.26. The number of nitrogens with zero attached hydrogens (tertiary/aromatic N) is 5. The van der Waals surface area contributed by atoms with Crippen molar-refractivity contribution in [3.63, 3.8) is 0 Å². The van der Waals surface area contributed by atoms with Crippen LogP contribution >= 0.6 is 11.3 Å². The van der Waals surface area contributed by atoms with E-state index in [-0.39, 0.29) is 6.04 Å². The van der Waals surface area contributed by atoms with Gasteiger partial charge in [0.15, 0.2) is 0 Å². The molecule has 1 N–H and O–H groups in total. The molecule has 7 nitrogen and oxygen atoms in total. The lowest BCUT2D eigenvalue weighted by Crippen LogP contribution is -2.39. The molecule has 3 aromatic heterocycles. The van der Waals surface area contributed by atoms with Gasteiger partial charge in [0.05, 0.1) is 17.5 Å². The number of aromatic nitrogens is 5. The Morgan fingerprint density at radius 3 is 3.17 bits per heavy atom. The smallest absolute Gasteiger partial charge is 0.243 e. The topological polar surface area (TPSA) is 81.7 Å². The van der Waals surface area contributed by atoms with Crippen LogP contribution < -0.4 is 5.32 Å². The number of aryl methyl sites for hydroxylation is 2. The lowest BCUT2D eigenvalue weighted by molar-refractivity contribution is 0.288. The van der Waals surface area contributed by atoms with E-state index in [1.54, 1.807) is 11.3 Å². The molecule has 3 aromatic rings. The maximum Gasteiger partial charge on any atom is 0.243 e. The molecule has 8 heteroatoms. The van der Waals surface area contributed by atoms with Gasteiger partial charge >= 0.3 is 0 Å². The van der Waals surface area contributed by atoms with Crippen LogP contribution in [0.5, 0.6) is 0 Å². The van der Waals surface area contributed by atoms with Gasteiger partial charge in [-0.15, -0.1) is 11.3 Å². The largest absolute Gasteiger partial charge is 0.337 e. The van der Waals surface area contributed by atoms with E-state index in [4.69, 9.17) is 4.52 Å². The highest BCUT2D eigenvalue weighted by molar-refractivity contribution is 7.13. The molecule has 0 bridgehead atoms. The maximum absolute atomic E-state index is 5.41. The van der Waals surface area contributed by atoms with Gasteiger partial charge in [-0.25, -0.2) is 9.67 Å². The molecule has 0 saturated heterocycles. The van der Waals surface area contributed by atoms with Crippen molar-refractivity contribution in [2.24, 2.45) is 0 Å². The van der Waals surface area contributed by atoms with E-state index < -0.39 is 0 Å². The van der Waals surface area contributed by atoms with Gasteiger partial charge in [-0.05, 0) is 31.7 Å². The highest BCUT2D eigenvalue weighted by Gasteiger charge is 2.24. The fourth-order valence-corrected chi connectivity index (χ4v) is 3.56. The Morgan fingerprint density at radius 2 is 2.35 bits per heavy atom. The van der Waals surface area contributed by atoms with Crippen molar-refractivity contribution in [2.45, 2.75) is 45.3 Å². The molecule has 0 spiro atoms. The van der Waals surface area contributed by atoms with Gasteiger partial charge in [0.2, 0.25) is 11.7 Å². The Bertz CT molecular complexity index is 793. The summed E-state index contributed by atoms with van der Waals surface area (Å²) in [6.07, 6.45) is 1.98. The number of thiophene rings is 1. The lowest BCUT2D eigenvalue weighted by Gasteiger charge is -2.25. The second-order valence-electron chi connectivity index (χ2n) is 5.81. The van der Waals surface area contributed by atoms with Crippen LogP contribution in [0.25, 0.3) is 10.7 Å². The zero-order chi connectivity index (χ0) is 15.8. The molecule has 1 aliphatic heterocycles. The van der Waals surface area contributed by atoms with Crippen molar-refractivity contribution in [3.8, 4) is 10.7 Å². The summed E-state index contributed by atoms with van der Waals surface area (Å²) < 4.78 is 7.41. The summed E-state index contributed by atoms with van der Waals surface area (Å²) in [5.41, 5.74) is 0. The maximum atomic E-state index is 5.41. The molecule has 0 unspecified atom stereocenters. The first-order valence-electron chi connectivity index (χ1n) is 7.73. The first kappa shape index (κ1) is 14.5. The molecule has 4 heterocycles. The van der Waals surface area contributed by atoms with Crippen LogP contribution in [0.1, 0.15) is 36.9 Å².